The first-order valence-corrected chi connectivity index (χ1v) is 9.85. The van der Waals surface area contributed by atoms with Gasteiger partial charge >= 0.3 is 0 Å². The molecule has 0 unspecified atom stereocenters. The van der Waals surface area contributed by atoms with E-state index >= 15 is 0 Å². The Kier molecular flexibility index (Phi) is 8.52. The molecule has 2 rings (SSSR count). The third kappa shape index (κ3) is 6.82. The minimum atomic E-state index is -0.615. The highest BCUT2D eigenvalue weighted by atomic mass is 16.5. The van der Waals surface area contributed by atoms with Gasteiger partial charge in [-0.05, 0) is 50.1 Å². The van der Waals surface area contributed by atoms with Crippen molar-refractivity contribution in [3.05, 3.63) is 60.2 Å². The molecular weight excluding hydrogens is 368 g/mol. The fraction of sp³-hybridized carbons (Fsp3) is 0.391. The number of amides is 2. The van der Waals surface area contributed by atoms with Crippen LogP contribution in [-0.2, 0) is 16.1 Å². The Labute approximate surface area is 172 Å². The Morgan fingerprint density at radius 2 is 1.62 bits per heavy atom. The summed E-state index contributed by atoms with van der Waals surface area (Å²) in [5.41, 5.74) is 0.952. The van der Waals surface area contributed by atoms with Crippen molar-refractivity contribution in [3.63, 3.8) is 0 Å². The van der Waals surface area contributed by atoms with E-state index in [4.69, 9.17) is 9.47 Å². The molecule has 2 atom stereocenters. The van der Waals surface area contributed by atoms with Crippen LogP contribution in [0, 0.1) is 0 Å². The van der Waals surface area contributed by atoms with Gasteiger partial charge in [-0.25, -0.2) is 0 Å². The van der Waals surface area contributed by atoms with Crippen molar-refractivity contribution >= 4 is 11.8 Å². The first kappa shape index (κ1) is 22.3. The van der Waals surface area contributed by atoms with Crippen molar-refractivity contribution < 1.29 is 19.1 Å². The predicted molar refractivity (Wildman–Crippen MR) is 113 cm³/mol. The molecule has 0 aliphatic carbocycles. The molecule has 0 saturated carbocycles. The van der Waals surface area contributed by atoms with Gasteiger partial charge in [-0.2, -0.15) is 0 Å². The van der Waals surface area contributed by atoms with Crippen LogP contribution in [-0.4, -0.2) is 42.5 Å². The van der Waals surface area contributed by atoms with E-state index in [1.54, 1.807) is 43.2 Å². The first-order valence-electron chi connectivity index (χ1n) is 9.85. The second-order valence-electron chi connectivity index (χ2n) is 6.97. The standard InChI is InChI=1S/C23H30N2O4/c1-5-17(2)24-23(27)18(3)25(15-19-9-7-6-8-10-19)22(26)16-29-21-13-11-20(28-4)12-14-21/h6-14,17-18H,5,15-16H2,1-4H3,(H,24,27)/t17-,18+/m1/s1. The number of benzene rings is 2. The Balaban J connectivity index is 2.09. The summed E-state index contributed by atoms with van der Waals surface area (Å²) in [7, 11) is 1.59. The number of carbonyl (C=O) groups excluding carboxylic acids is 2. The van der Waals surface area contributed by atoms with Crippen LogP contribution >= 0.6 is 0 Å². The zero-order chi connectivity index (χ0) is 21.2. The number of methoxy groups -OCH3 is 1. The molecule has 0 aromatic heterocycles. The quantitative estimate of drug-likeness (QED) is 0.666. The number of rotatable bonds is 10. The van der Waals surface area contributed by atoms with Gasteiger partial charge in [-0.1, -0.05) is 37.3 Å². The van der Waals surface area contributed by atoms with Gasteiger partial charge < -0.3 is 19.7 Å². The highest BCUT2D eigenvalue weighted by Gasteiger charge is 2.27. The summed E-state index contributed by atoms with van der Waals surface area (Å²) in [5.74, 6) is 0.852. The smallest absolute Gasteiger partial charge is 0.261 e. The Hall–Kier alpha value is -3.02. The van der Waals surface area contributed by atoms with Crippen molar-refractivity contribution in [2.75, 3.05) is 13.7 Å². The van der Waals surface area contributed by atoms with Crippen LogP contribution in [0.4, 0.5) is 0 Å². The molecule has 0 fully saturated rings. The monoisotopic (exact) mass is 398 g/mol. The summed E-state index contributed by atoms with van der Waals surface area (Å²) in [6.07, 6.45) is 0.825. The average Bonchev–Trinajstić information content (AvgIpc) is 2.76. The van der Waals surface area contributed by atoms with Gasteiger partial charge in [-0.3, -0.25) is 9.59 Å². The van der Waals surface area contributed by atoms with E-state index in [1.807, 2.05) is 44.2 Å². The third-order valence-electron chi connectivity index (χ3n) is 4.79. The first-order chi connectivity index (χ1) is 13.9. The lowest BCUT2D eigenvalue weighted by Gasteiger charge is -2.29. The van der Waals surface area contributed by atoms with Gasteiger partial charge in [0.05, 0.1) is 7.11 Å². The number of carbonyl (C=O) groups is 2. The van der Waals surface area contributed by atoms with Crippen molar-refractivity contribution in [3.8, 4) is 11.5 Å². The lowest BCUT2D eigenvalue weighted by atomic mass is 10.1. The summed E-state index contributed by atoms with van der Waals surface area (Å²) in [5, 5.41) is 2.95. The molecule has 0 spiro atoms. The van der Waals surface area contributed by atoms with Crippen LogP contribution < -0.4 is 14.8 Å². The largest absolute Gasteiger partial charge is 0.497 e. The van der Waals surface area contributed by atoms with Crippen molar-refractivity contribution in [2.24, 2.45) is 0 Å². The fourth-order valence-corrected chi connectivity index (χ4v) is 2.73. The molecule has 2 aromatic rings. The molecule has 0 aliphatic rings. The zero-order valence-electron chi connectivity index (χ0n) is 17.6. The van der Waals surface area contributed by atoms with E-state index in [9.17, 15) is 9.59 Å². The van der Waals surface area contributed by atoms with Gasteiger partial charge in [0, 0.05) is 12.6 Å². The number of nitrogens with one attached hydrogen (secondary N) is 1. The maximum atomic E-state index is 12.9. The number of hydrogen-bond acceptors (Lipinski definition) is 4. The topological polar surface area (TPSA) is 67.9 Å². The Morgan fingerprint density at radius 1 is 1.00 bits per heavy atom. The predicted octanol–water partition coefficient (Wildman–Crippen LogP) is 3.41. The van der Waals surface area contributed by atoms with Gasteiger partial charge in [0.25, 0.3) is 5.91 Å². The summed E-state index contributed by atoms with van der Waals surface area (Å²) < 4.78 is 10.8. The lowest BCUT2D eigenvalue weighted by molar-refractivity contribution is -0.142. The average molecular weight is 399 g/mol. The highest BCUT2D eigenvalue weighted by molar-refractivity contribution is 5.88. The van der Waals surface area contributed by atoms with Crippen LogP contribution in [0.15, 0.2) is 54.6 Å². The molecule has 0 radical (unpaired) electrons. The zero-order valence-corrected chi connectivity index (χ0v) is 17.6. The molecule has 2 amide bonds. The number of ether oxygens (including phenoxy) is 2. The molecule has 2 aromatic carbocycles. The van der Waals surface area contributed by atoms with Crippen LogP contribution in [0.25, 0.3) is 0 Å². The van der Waals surface area contributed by atoms with Gasteiger partial charge in [0.1, 0.15) is 17.5 Å². The minimum Gasteiger partial charge on any atom is -0.497 e. The normalized spacial score (nSPS) is 12.6. The van der Waals surface area contributed by atoms with E-state index in [1.165, 1.54) is 0 Å². The van der Waals surface area contributed by atoms with E-state index in [-0.39, 0.29) is 24.5 Å². The Morgan fingerprint density at radius 3 is 2.21 bits per heavy atom. The minimum absolute atomic E-state index is 0.0502. The second kappa shape index (κ2) is 11.1. The van der Waals surface area contributed by atoms with E-state index in [0.29, 0.717) is 18.0 Å². The third-order valence-corrected chi connectivity index (χ3v) is 4.79. The van der Waals surface area contributed by atoms with Crippen LogP contribution in [0.3, 0.4) is 0 Å². The maximum Gasteiger partial charge on any atom is 0.261 e. The molecule has 156 valence electrons. The summed E-state index contributed by atoms with van der Waals surface area (Å²) in [6.45, 7) is 5.87. The summed E-state index contributed by atoms with van der Waals surface area (Å²) >= 11 is 0. The van der Waals surface area contributed by atoms with Gasteiger partial charge in [0.2, 0.25) is 5.91 Å². The van der Waals surface area contributed by atoms with Gasteiger partial charge in [-0.15, -0.1) is 0 Å². The number of nitrogens with zero attached hydrogens (tertiary/aromatic N) is 1. The van der Waals surface area contributed by atoms with Crippen molar-refractivity contribution in [1.29, 1.82) is 0 Å². The van der Waals surface area contributed by atoms with Crippen molar-refractivity contribution in [2.45, 2.75) is 45.8 Å². The number of hydrogen-bond donors (Lipinski definition) is 1. The maximum absolute atomic E-state index is 12.9. The molecule has 0 bridgehead atoms. The summed E-state index contributed by atoms with van der Waals surface area (Å²) in [4.78, 5) is 27.1. The molecule has 0 aliphatic heterocycles. The molecule has 6 heteroatoms. The Bertz CT molecular complexity index is 777. The van der Waals surface area contributed by atoms with Crippen LogP contribution in [0.1, 0.15) is 32.8 Å². The van der Waals surface area contributed by atoms with Gasteiger partial charge in [0.15, 0.2) is 6.61 Å². The molecule has 29 heavy (non-hydrogen) atoms. The molecular formula is C23H30N2O4. The molecule has 6 nitrogen and oxygen atoms in total. The summed E-state index contributed by atoms with van der Waals surface area (Å²) in [6, 6.07) is 16.1. The second-order valence-corrected chi connectivity index (χ2v) is 6.97. The fourth-order valence-electron chi connectivity index (χ4n) is 2.73. The SMILES string of the molecule is CC[C@@H](C)NC(=O)[C@H](C)N(Cc1ccccc1)C(=O)COc1ccc(OC)cc1. The molecule has 0 heterocycles. The van der Waals surface area contributed by atoms with Crippen LogP contribution in [0.5, 0.6) is 11.5 Å². The molecule has 1 N–H and O–H groups in total. The van der Waals surface area contributed by atoms with Crippen LogP contribution in [0.2, 0.25) is 0 Å². The van der Waals surface area contributed by atoms with E-state index < -0.39 is 6.04 Å². The van der Waals surface area contributed by atoms with Crippen molar-refractivity contribution in [1.82, 2.24) is 10.2 Å². The van der Waals surface area contributed by atoms with E-state index in [2.05, 4.69) is 5.32 Å². The van der Waals surface area contributed by atoms with E-state index in [0.717, 1.165) is 12.0 Å². The highest BCUT2D eigenvalue weighted by Crippen LogP contribution is 2.17. The lowest BCUT2D eigenvalue weighted by Crippen LogP contribution is -2.50. The molecule has 0 saturated heterocycles.